The number of halogens is 2. The van der Waals surface area contributed by atoms with Crippen LogP contribution in [0.25, 0.3) is 0 Å². The average molecular weight is 348 g/mol. The van der Waals surface area contributed by atoms with E-state index in [1.807, 2.05) is 4.90 Å². The Kier molecular flexibility index (Phi) is 7.69. The van der Waals surface area contributed by atoms with Gasteiger partial charge in [0.25, 0.3) is 0 Å². The fourth-order valence-electron chi connectivity index (χ4n) is 2.64. The highest BCUT2D eigenvalue weighted by molar-refractivity contribution is 5.86. The minimum atomic E-state index is -0.776. The second-order valence-corrected chi connectivity index (χ2v) is 6.22. The van der Waals surface area contributed by atoms with Gasteiger partial charge in [-0.25, -0.2) is 0 Å². The van der Waals surface area contributed by atoms with Crippen molar-refractivity contribution in [2.75, 3.05) is 31.1 Å². The number of carbonyl (C=O) groups is 1. The van der Waals surface area contributed by atoms with Crippen LogP contribution >= 0.6 is 24.8 Å². The largest absolute Gasteiger partial charge is 0.368 e. The van der Waals surface area contributed by atoms with Crippen LogP contribution in [0, 0.1) is 13.8 Å². The minimum Gasteiger partial charge on any atom is -0.368 e. The summed E-state index contributed by atoms with van der Waals surface area (Å²) in [6.07, 6.45) is 0. The molecule has 6 heteroatoms. The van der Waals surface area contributed by atoms with Crippen molar-refractivity contribution in [3.63, 3.8) is 0 Å². The number of amides is 1. The lowest BCUT2D eigenvalue weighted by molar-refractivity contribution is -0.136. The Morgan fingerprint density at radius 3 is 2.14 bits per heavy atom. The van der Waals surface area contributed by atoms with Crippen molar-refractivity contribution in [2.45, 2.75) is 33.2 Å². The SMILES string of the molecule is Cc1cccc(N2CCN(C(=O)C(C)(C)N)CC2)c1C.Cl.Cl. The highest BCUT2D eigenvalue weighted by Crippen LogP contribution is 2.24. The first-order valence-corrected chi connectivity index (χ1v) is 7.20. The Labute approximate surface area is 145 Å². The highest BCUT2D eigenvalue weighted by Gasteiger charge is 2.30. The van der Waals surface area contributed by atoms with Gasteiger partial charge < -0.3 is 15.5 Å². The van der Waals surface area contributed by atoms with E-state index in [2.05, 4.69) is 36.9 Å². The number of nitrogens with two attached hydrogens (primary N) is 1. The van der Waals surface area contributed by atoms with E-state index in [4.69, 9.17) is 5.73 Å². The van der Waals surface area contributed by atoms with Crippen LogP contribution in [-0.4, -0.2) is 42.5 Å². The third-order valence-electron chi connectivity index (χ3n) is 4.03. The molecule has 22 heavy (non-hydrogen) atoms. The summed E-state index contributed by atoms with van der Waals surface area (Å²) in [4.78, 5) is 16.4. The molecule has 1 fully saturated rings. The molecule has 0 unspecified atom stereocenters. The zero-order valence-electron chi connectivity index (χ0n) is 13.8. The topological polar surface area (TPSA) is 49.6 Å². The van der Waals surface area contributed by atoms with Crippen molar-refractivity contribution in [3.05, 3.63) is 29.3 Å². The Morgan fingerprint density at radius 2 is 1.64 bits per heavy atom. The van der Waals surface area contributed by atoms with E-state index in [0.29, 0.717) is 0 Å². The van der Waals surface area contributed by atoms with Crippen LogP contribution in [0.4, 0.5) is 5.69 Å². The van der Waals surface area contributed by atoms with Gasteiger partial charge in [-0.2, -0.15) is 0 Å². The van der Waals surface area contributed by atoms with E-state index in [1.165, 1.54) is 16.8 Å². The molecule has 1 aromatic carbocycles. The molecular formula is C16H27Cl2N3O. The summed E-state index contributed by atoms with van der Waals surface area (Å²) in [6, 6.07) is 6.39. The number of anilines is 1. The van der Waals surface area contributed by atoms with Gasteiger partial charge >= 0.3 is 0 Å². The quantitative estimate of drug-likeness (QED) is 0.894. The molecule has 0 aliphatic carbocycles. The number of piperazine rings is 1. The number of carbonyl (C=O) groups excluding carboxylic acids is 1. The smallest absolute Gasteiger partial charge is 0.242 e. The van der Waals surface area contributed by atoms with Crippen LogP contribution in [0.1, 0.15) is 25.0 Å². The second kappa shape index (κ2) is 8.04. The molecule has 1 aliphatic heterocycles. The molecule has 2 N–H and O–H groups in total. The van der Waals surface area contributed by atoms with Crippen molar-refractivity contribution < 1.29 is 4.79 Å². The van der Waals surface area contributed by atoms with E-state index in [0.717, 1.165) is 26.2 Å². The summed E-state index contributed by atoms with van der Waals surface area (Å²) in [7, 11) is 0. The number of rotatable bonds is 2. The van der Waals surface area contributed by atoms with Gasteiger partial charge in [0.1, 0.15) is 0 Å². The summed E-state index contributed by atoms with van der Waals surface area (Å²) in [5, 5.41) is 0. The van der Waals surface area contributed by atoms with Crippen molar-refractivity contribution in [1.82, 2.24) is 4.90 Å². The lowest BCUT2D eigenvalue weighted by atomic mass is 10.0. The summed E-state index contributed by atoms with van der Waals surface area (Å²) in [5.74, 6) is 0.0399. The third-order valence-corrected chi connectivity index (χ3v) is 4.03. The third kappa shape index (κ3) is 4.51. The predicted octanol–water partition coefficient (Wildman–Crippen LogP) is 2.53. The van der Waals surface area contributed by atoms with E-state index >= 15 is 0 Å². The number of hydrogen-bond donors (Lipinski definition) is 1. The molecule has 0 atom stereocenters. The van der Waals surface area contributed by atoms with Crippen LogP contribution < -0.4 is 10.6 Å². The maximum atomic E-state index is 12.2. The van der Waals surface area contributed by atoms with E-state index in [9.17, 15) is 4.79 Å². The van der Waals surface area contributed by atoms with Gasteiger partial charge in [-0.15, -0.1) is 24.8 Å². The summed E-state index contributed by atoms with van der Waals surface area (Å²) < 4.78 is 0. The standard InChI is InChI=1S/C16H25N3O.2ClH/c1-12-6-5-7-14(13(12)2)18-8-10-19(11-9-18)15(20)16(3,4)17;;/h5-7H,8-11,17H2,1-4H3;2*1H. The lowest BCUT2D eigenvalue weighted by Crippen LogP contribution is -2.57. The first-order chi connectivity index (χ1) is 9.30. The Morgan fingerprint density at radius 1 is 1.09 bits per heavy atom. The number of nitrogens with zero attached hydrogens (tertiary/aromatic N) is 2. The first-order valence-electron chi connectivity index (χ1n) is 7.20. The average Bonchev–Trinajstić information content (AvgIpc) is 2.40. The van der Waals surface area contributed by atoms with Crippen LogP contribution in [0.15, 0.2) is 18.2 Å². The zero-order valence-corrected chi connectivity index (χ0v) is 15.4. The molecule has 1 heterocycles. The van der Waals surface area contributed by atoms with E-state index in [-0.39, 0.29) is 30.7 Å². The van der Waals surface area contributed by atoms with Crippen LogP contribution in [-0.2, 0) is 4.79 Å². The lowest BCUT2D eigenvalue weighted by Gasteiger charge is -2.39. The molecule has 0 radical (unpaired) electrons. The molecule has 1 saturated heterocycles. The number of hydrogen-bond acceptors (Lipinski definition) is 3. The fraction of sp³-hybridized carbons (Fsp3) is 0.562. The zero-order chi connectivity index (χ0) is 14.9. The van der Waals surface area contributed by atoms with Crippen molar-refractivity contribution in [2.24, 2.45) is 5.73 Å². The maximum absolute atomic E-state index is 12.2. The molecule has 1 aliphatic rings. The Balaban J connectivity index is 0.00000220. The van der Waals surface area contributed by atoms with Gasteiger partial charge in [-0.3, -0.25) is 4.79 Å². The molecule has 0 aromatic heterocycles. The molecule has 0 bridgehead atoms. The monoisotopic (exact) mass is 347 g/mol. The van der Waals surface area contributed by atoms with Gasteiger partial charge in [-0.1, -0.05) is 12.1 Å². The van der Waals surface area contributed by atoms with Crippen LogP contribution in [0.2, 0.25) is 0 Å². The molecule has 0 spiro atoms. The summed E-state index contributed by atoms with van der Waals surface area (Å²) in [5.41, 5.74) is 9.03. The highest BCUT2D eigenvalue weighted by atomic mass is 35.5. The fourth-order valence-corrected chi connectivity index (χ4v) is 2.64. The molecule has 4 nitrogen and oxygen atoms in total. The van der Waals surface area contributed by atoms with Crippen molar-refractivity contribution >= 4 is 36.4 Å². The number of aryl methyl sites for hydroxylation is 1. The normalized spacial score (nSPS) is 15.0. The molecule has 1 amide bonds. The summed E-state index contributed by atoms with van der Waals surface area (Å²) >= 11 is 0. The molecule has 126 valence electrons. The van der Waals surface area contributed by atoms with E-state index in [1.54, 1.807) is 13.8 Å². The summed E-state index contributed by atoms with van der Waals surface area (Å²) in [6.45, 7) is 11.1. The predicted molar refractivity (Wildman–Crippen MR) is 97.5 cm³/mol. The molecule has 2 rings (SSSR count). The first kappa shape index (κ1) is 21.0. The maximum Gasteiger partial charge on any atom is 0.242 e. The van der Waals surface area contributed by atoms with Crippen LogP contribution in [0.5, 0.6) is 0 Å². The van der Waals surface area contributed by atoms with Gasteiger partial charge in [0.2, 0.25) is 5.91 Å². The molecular weight excluding hydrogens is 321 g/mol. The van der Waals surface area contributed by atoms with Gasteiger partial charge in [0, 0.05) is 31.9 Å². The molecule has 1 aromatic rings. The molecule has 0 saturated carbocycles. The van der Waals surface area contributed by atoms with Crippen molar-refractivity contribution in [1.29, 1.82) is 0 Å². The van der Waals surface area contributed by atoms with E-state index < -0.39 is 5.54 Å². The Bertz CT molecular complexity index is 507. The second-order valence-electron chi connectivity index (χ2n) is 6.22. The Hall–Kier alpha value is -0.970. The number of benzene rings is 1. The van der Waals surface area contributed by atoms with Gasteiger partial charge in [-0.05, 0) is 44.9 Å². The van der Waals surface area contributed by atoms with Crippen LogP contribution in [0.3, 0.4) is 0 Å². The van der Waals surface area contributed by atoms with Gasteiger partial charge in [0.15, 0.2) is 0 Å². The minimum absolute atomic E-state index is 0. The van der Waals surface area contributed by atoms with Crippen molar-refractivity contribution in [3.8, 4) is 0 Å². The van der Waals surface area contributed by atoms with Gasteiger partial charge in [0.05, 0.1) is 5.54 Å².